The second-order valence-corrected chi connectivity index (χ2v) is 6.41. The van der Waals surface area contributed by atoms with Crippen LogP contribution in [0.2, 0.25) is 0 Å². The van der Waals surface area contributed by atoms with E-state index in [2.05, 4.69) is 18.3 Å². The lowest BCUT2D eigenvalue weighted by atomic mass is 10.2. The molecule has 1 aromatic heterocycles. The topological polar surface area (TPSA) is 52.6 Å². The largest absolute Gasteiger partial charge is 0.392 e. The van der Waals surface area contributed by atoms with Crippen LogP contribution in [0.15, 0.2) is 11.4 Å². The van der Waals surface area contributed by atoms with Gasteiger partial charge in [0.05, 0.1) is 19.2 Å². The van der Waals surface area contributed by atoms with Crippen LogP contribution in [-0.2, 0) is 11.3 Å². The van der Waals surface area contributed by atoms with Crippen LogP contribution in [-0.4, -0.2) is 42.2 Å². The Balaban J connectivity index is 1.67. The number of aliphatic hydroxyl groups is 1. The summed E-state index contributed by atoms with van der Waals surface area (Å²) in [6.45, 7) is 3.57. The number of nitrogens with one attached hydrogen (secondary N) is 1. The van der Waals surface area contributed by atoms with Crippen LogP contribution in [0.25, 0.3) is 0 Å². The van der Waals surface area contributed by atoms with Crippen molar-refractivity contribution in [3.05, 3.63) is 21.9 Å². The lowest BCUT2D eigenvalue weighted by Gasteiger charge is -2.19. The Morgan fingerprint density at radius 2 is 2.37 bits per heavy atom. The maximum Gasteiger partial charge on any atom is 0.234 e. The maximum atomic E-state index is 11.8. The monoisotopic (exact) mass is 282 g/mol. The van der Waals surface area contributed by atoms with Gasteiger partial charge in [-0.1, -0.05) is 0 Å². The van der Waals surface area contributed by atoms with Gasteiger partial charge in [-0.15, -0.1) is 11.3 Å². The summed E-state index contributed by atoms with van der Waals surface area (Å²) in [4.78, 5) is 14.9. The van der Waals surface area contributed by atoms with Crippen molar-refractivity contribution >= 4 is 17.2 Å². The number of nitrogens with zero attached hydrogens (tertiary/aromatic N) is 1. The molecule has 106 valence electrons. The molecule has 0 bridgehead atoms. The Labute approximate surface area is 118 Å². The molecule has 1 aromatic rings. The van der Waals surface area contributed by atoms with Crippen LogP contribution in [0.1, 0.15) is 23.3 Å². The Morgan fingerprint density at radius 3 is 2.95 bits per heavy atom. The Hall–Kier alpha value is -0.910. The van der Waals surface area contributed by atoms with Crippen molar-refractivity contribution in [2.24, 2.45) is 5.92 Å². The molecular formula is C14H22N2O2S. The van der Waals surface area contributed by atoms with E-state index < -0.39 is 0 Å². The van der Waals surface area contributed by atoms with E-state index >= 15 is 0 Å². The number of amides is 1. The number of rotatable bonds is 7. The quantitative estimate of drug-likeness (QED) is 0.794. The van der Waals surface area contributed by atoms with E-state index in [9.17, 15) is 9.90 Å². The van der Waals surface area contributed by atoms with E-state index in [-0.39, 0.29) is 12.0 Å². The number of carbonyl (C=O) groups excluding carboxylic acids is 1. The number of hydrogen-bond donors (Lipinski definition) is 2. The first-order valence-corrected chi connectivity index (χ1v) is 7.60. The molecule has 1 saturated carbocycles. The first-order chi connectivity index (χ1) is 9.06. The van der Waals surface area contributed by atoms with Crippen molar-refractivity contribution < 1.29 is 9.90 Å². The molecule has 4 nitrogen and oxygen atoms in total. The number of hydrogen-bond acceptors (Lipinski definition) is 4. The molecule has 19 heavy (non-hydrogen) atoms. The number of aliphatic hydroxyl groups excluding tert-OH is 1. The molecular weight excluding hydrogens is 260 g/mol. The molecule has 5 heteroatoms. The fourth-order valence-electron chi connectivity index (χ4n) is 2.08. The minimum absolute atomic E-state index is 0.0123. The Bertz CT molecular complexity index is 429. The van der Waals surface area contributed by atoms with Crippen molar-refractivity contribution in [2.75, 3.05) is 20.1 Å². The van der Waals surface area contributed by atoms with E-state index in [0.717, 1.165) is 12.8 Å². The van der Waals surface area contributed by atoms with Crippen LogP contribution in [0.5, 0.6) is 0 Å². The first kappa shape index (κ1) is 14.5. The minimum Gasteiger partial charge on any atom is -0.392 e. The second kappa shape index (κ2) is 6.50. The van der Waals surface area contributed by atoms with Gasteiger partial charge >= 0.3 is 0 Å². The second-order valence-electron chi connectivity index (χ2n) is 5.41. The lowest BCUT2D eigenvalue weighted by Crippen LogP contribution is -2.38. The van der Waals surface area contributed by atoms with Gasteiger partial charge in [-0.2, -0.15) is 0 Å². The van der Waals surface area contributed by atoms with Crippen LogP contribution in [0, 0.1) is 12.8 Å². The van der Waals surface area contributed by atoms with Crippen LogP contribution in [0.3, 0.4) is 0 Å². The van der Waals surface area contributed by atoms with Crippen molar-refractivity contribution in [3.63, 3.8) is 0 Å². The average molecular weight is 282 g/mol. The third-order valence-corrected chi connectivity index (χ3v) is 4.52. The third-order valence-electron chi connectivity index (χ3n) is 3.49. The standard InChI is InChI=1S/C14H22N2O2S/c1-10-5-6-19-13(10)7-15-14(18)9-16(2)8-12(17)11-3-4-11/h5-6,11-12,17H,3-4,7-9H2,1-2H3,(H,15,18). The van der Waals surface area contributed by atoms with E-state index in [1.54, 1.807) is 11.3 Å². The summed E-state index contributed by atoms with van der Waals surface area (Å²) in [6, 6.07) is 2.06. The molecule has 1 unspecified atom stereocenters. The van der Waals surface area contributed by atoms with Gasteiger partial charge in [0.1, 0.15) is 0 Å². The molecule has 0 radical (unpaired) electrons. The smallest absolute Gasteiger partial charge is 0.234 e. The zero-order valence-corrected chi connectivity index (χ0v) is 12.4. The van der Waals surface area contributed by atoms with E-state index in [1.165, 1.54) is 10.4 Å². The van der Waals surface area contributed by atoms with Crippen molar-refractivity contribution in [1.82, 2.24) is 10.2 Å². The summed E-state index contributed by atoms with van der Waals surface area (Å²) in [5.74, 6) is 0.470. The third kappa shape index (κ3) is 4.60. The highest BCUT2D eigenvalue weighted by molar-refractivity contribution is 7.10. The molecule has 0 saturated heterocycles. The molecule has 1 fully saturated rings. The fraction of sp³-hybridized carbons (Fsp3) is 0.643. The number of thiophene rings is 1. The molecule has 1 aliphatic rings. The number of likely N-dealkylation sites (N-methyl/N-ethyl adjacent to an activating group) is 1. The summed E-state index contributed by atoms with van der Waals surface area (Å²) >= 11 is 1.66. The van der Waals surface area contributed by atoms with E-state index in [4.69, 9.17) is 0 Å². The number of aryl methyl sites for hydroxylation is 1. The zero-order valence-electron chi connectivity index (χ0n) is 11.6. The number of carbonyl (C=O) groups is 1. The van der Waals surface area contributed by atoms with Gasteiger partial charge in [-0.25, -0.2) is 0 Å². The van der Waals surface area contributed by atoms with E-state index in [0.29, 0.717) is 25.6 Å². The van der Waals surface area contributed by atoms with Gasteiger partial charge in [-0.3, -0.25) is 9.69 Å². The molecule has 1 heterocycles. The Kier molecular flexibility index (Phi) is 4.96. The molecule has 0 aliphatic heterocycles. The molecule has 1 aliphatic carbocycles. The molecule has 0 aromatic carbocycles. The normalized spacial score (nSPS) is 16.6. The predicted octanol–water partition coefficient (Wildman–Crippen LogP) is 1.38. The van der Waals surface area contributed by atoms with Crippen molar-refractivity contribution in [1.29, 1.82) is 0 Å². The lowest BCUT2D eigenvalue weighted by molar-refractivity contribution is -0.122. The summed E-state index contributed by atoms with van der Waals surface area (Å²) in [5, 5.41) is 14.8. The molecule has 2 rings (SSSR count). The van der Waals surface area contributed by atoms with Gasteiger partial charge < -0.3 is 10.4 Å². The first-order valence-electron chi connectivity index (χ1n) is 6.72. The minimum atomic E-state index is -0.280. The molecule has 0 spiro atoms. The Morgan fingerprint density at radius 1 is 1.63 bits per heavy atom. The SMILES string of the molecule is Cc1ccsc1CNC(=O)CN(C)CC(O)C1CC1. The highest BCUT2D eigenvalue weighted by Crippen LogP contribution is 2.32. The van der Waals surface area contributed by atoms with Crippen molar-refractivity contribution in [3.8, 4) is 0 Å². The average Bonchev–Trinajstić information content (AvgIpc) is 3.11. The maximum absolute atomic E-state index is 11.8. The van der Waals surface area contributed by atoms with Gasteiger partial charge in [0, 0.05) is 11.4 Å². The van der Waals surface area contributed by atoms with Gasteiger partial charge in [-0.05, 0) is 49.7 Å². The highest BCUT2D eigenvalue weighted by Gasteiger charge is 2.30. The summed E-state index contributed by atoms with van der Waals surface area (Å²) in [7, 11) is 1.88. The molecule has 1 amide bonds. The summed E-state index contributed by atoms with van der Waals surface area (Å²) < 4.78 is 0. The fourth-order valence-corrected chi connectivity index (χ4v) is 2.92. The van der Waals surface area contributed by atoms with Crippen LogP contribution < -0.4 is 5.32 Å². The summed E-state index contributed by atoms with van der Waals surface area (Å²) in [5.41, 5.74) is 1.22. The summed E-state index contributed by atoms with van der Waals surface area (Å²) in [6.07, 6.45) is 1.97. The van der Waals surface area contributed by atoms with Gasteiger partial charge in [0.2, 0.25) is 5.91 Å². The van der Waals surface area contributed by atoms with Crippen molar-refractivity contribution in [2.45, 2.75) is 32.4 Å². The highest BCUT2D eigenvalue weighted by atomic mass is 32.1. The van der Waals surface area contributed by atoms with Gasteiger partial charge in [0.25, 0.3) is 0 Å². The van der Waals surface area contributed by atoms with Crippen LogP contribution >= 0.6 is 11.3 Å². The van der Waals surface area contributed by atoms with Gasteiger partial charge in [0.15, 0.2) is 0 Å². The van der Waals surface area contributed by atoms with Crippen LogP contribution in [0.4, 0.5) is 0 Å². The molecule has 1 atom stereocenters. The molecule has 2 N–H and O–H groups in total. The predicted molar refractivity (Wildman–Crippen MR) is 77.1 cm³/mol. The zero-order chi connectivity index (χ0) is 13.8. The van der Waals surface area contributed by atoms with E-state index in [1.807, 2.05) is 17.3 Å².